The molecule has 1 aromatic carbocycles. The number of methoxy groups -OCH3 is 1. The molecule has 0 saturated heterocycles. The van der Waals surface area contributed by atoms with Crippen LogP contribution in [0.4, 0.5) is 13.2 Å². The highest BCUT2D eigenvalue weighted by atomic mass is 32.2. The Hall–Kier alpha value is -2.10. The fourth-order valence-corrected chi connectivity index (χ4v) is 1.98. The summed E-state index contributed by atoms with van der Waals surface area (Å²) in [4.78, 5) is 23.4. The molecule has 23 heavy (non-hydrogen) atoms. The van der Waals surface area contributed by atoms with Crippen LogP contribution in [0.2, 0.25) is 0 Å². The van der Waals surface area contributed by atoms with E-state index in [1.807, 2.05) is 0 Å². The highest BCUT2D eigenvalue weighted by molar-refractivity contribution is 7.88. The minimum Gasteiger partial charge on any atom is -0.465 e. The Morgan fingerprint density at radius 1 is 1.17 bits per heavy atom. The van der Waals surface area contributed by atoms with E-state index >= 15 is 0 Å². The normalized spacial score (nSPS) is 12.1. The lowest BCUT2D eigenvalue weighted by molar-refractivity contribution is -0.0500. The van der Waals surface area contributed by atoms with E-state index in [0.717, 1.165) is 19.2 Å². The van der Waals surface area contributed by atoms with E-state index in [-0.39, 0.29) is 11.1 Å². The van der Waals surface area contributed by atoms with Crippen LogP contribution in [0.1, 0.15) is 34.6 Å². The average molecular weight is 354 g/mol. The summed E-state index contributed by atoms with van der Waals surface area (Å²) in [6, 6.07) is 2.84. The smallest absolute Gasteiger partial charge is 0.465 e. The summed E-state index contributed by atoms with van der Waals surface area (Å²) in [5, 5.41) is 0. The molecule has 1 aromatic rings. The minimum absolute atomic E-state index is 0.264. The molecule has 0 N–H and O–H groups in total. The lowest BCUT2D eigenvalue weighted by Gasteiger charge is -2.14. The van der Waals surface area contributed by atoms with E-state index in [1.54, 1.807) is 0 Å². The summed E-state index contributed by atoms with van der Waals surface area (Å²) in [7, 11) is -4.96. The van der Waals surface area contributed by atoms with Gasteiger partial charge >= 0.3 is 21.6 Å². The third-order valence-corrected chi connectivity index (χ3v) is 3.64. The molecule has 0 aliphatic heterocycles. The van der Waals surface area contributed by atoms with Crippen molar-refractivity contribution in [1.29, 1.82) is 0 Å². The van der Waals surface area contributed by atoms with Crippen molar-refractivity contribution in [3.05, 3.63) is 29.3 Å². The quantitative estimate of drug-likeness (QED) is 0.350. The van der Waals surface area contributed by atoms with Crippen molar-refractivity contribution >= 4 is 21.9 Å². The summed E-state index contributed by atoms with van der Waals surface area (Å²) in [6.07, 6.45) is 0. The van der Waals surface area contributed by atoms with Gasteiger partial charge < -0.3 is 8.92 Å². The van der Waals surface area contributed by atoms with Crippen LogP contribution in [0.5, 0.6) is 5.75 Å². The van der Waals surface area contributed by atoms with E-state index in [2.05, 4.69) is 8.92 Å². The molecule has 0 unspecified atom stereocenters. The number of esters is 1. The predicted octanol–water partition coefficient (Wildman–Crippen LogP) is 2.54. The largest absolute Gasteiger partial charge is 0.534 e. The van der Waals surface area contributed by atoms with Gasteiger partial charge in [0.05, 0.1) is 18.2 Å². The maximum atomic E-state index is 12.4. The number of carbonyl (C=O) groups excluding carboxylic acids is 2. The van der Waals surface area contributed by atoms with Crippen LogP contribution < -0.4 is 4.18 Å². The molecule has 0 radical (unpaired) electrons. The van der Waals surface area contributed by atoms with Crippen molar-refractivity contribution in [3.63, 3.8) is 0 Å². The molecule has 0 spiro atoms. The Morgan fingerprint density at radius 2 is 1.74 bits per heavy atom. The zero-order chi connectivity index (χ0) is 18.0. The van der Waals surface area contributed by atoms with Gasteiger partial charge in [-0.15, -0.1) is 0 Å². The molecule has 0 aliphatic rings. The highest BCUT2D eigenvalue weighted by Gasteiger charge is 2.49. The standard InChI is InChI=1S/C13H13F3O6S/c1-7(2)11(17)9-5-4-8(12(18)21-3)6-10(9)22-23(19,20)13(14,15)16/h4-7H,1-3H3. The monoisotopic (exact) mass is 354 g/mol. The molecule has 0 heterocycles. The molecule has 1 rings (SSSR count). The maximum absolute atomic E-state index is 12.4. The van der Waals surface area contributed by atoms with Gasteiger partial charge in [-0.25, -0.2) is 4.79 Å². The number of benzene rings is 1. The first-order valence-corrected chi connectivity index (χ1v) is 7.59. The number of ketones is 1. The zero-order valence-electron chi connectivity index (χ0n) is 12.3. The first-order valence-electron chi connectivity index (χ1n) is 6.18. The Morgan fingerprint density at radius 3 is 2.17 bits per heavy atom. The van der Waals surface area contributed by atoms with Gasteiger partial charge in [0.15, 0.2) is 11.5 Å². The SMILES string of the molecule is COC(=O)c1ccc(C(=O)C(C)C)c(OS(=O)(=O)C(F)(F)F)c1. The van der Waals surface area contributed by atoms with E-state index in [9.17, 15) is 31.2 Å². The second kappa shape index (κ2) is 6.57. The van der Waals surface area contributed by atoms with Crippen molar-refractivity contribution in [2.24, 2.45) is 5.92 Å². The average Bonchev–Trinajstić information content (AvgIpc) is 2.43. The van der Waals surface area contributed by atoms with Gasteiger partial charge in [0, 0.05) is 5.92 Å². The van der Waals surface area contributed by atoms with Crippen LogP contribution in [0.3, 0.4) is 0 Å². The van der Waals surface area contributed by atoms with Gasteiger partial charge in [0.25, 0.3) is 0 Å². The van der Waals surface area contributed by atoms with Crippen LogP contribution in [0.25, 0.3) is 0 Å². The number of alkyl halides is 3. The lowest BCUT2D eigenvalue weighted by atomic mass is 9.99. The topological polar surface area (TPSA) is 86.7 Å². The number of ether oxygens (including phenoxy) is 1. The Labute approximate surface area is 130 Å². The van der Waals surface area contributed by atoms with Crippen LogP contribution >= 0.6 is 0 Å². The van der Waals surface area contributed by atoms with Crippen LogP contribution in [-0.4, -0.2) is 32.8 Å². The van der Waals surface area contributed by atoms with Crippen LogP contribution in [0.15, 0.2) is 18.2 Å². The lowest BCUT2D eigenvalue weighted by Crippen LogP contribution is -2.29. The predicted molar refractivity (Wildman–Crippen MR) is 72.6 cm³/mol. The molecule has 0 aliphatic carbocycles. The molecule has 10 heteroatoms. The Bertz CT molecular complexity index is 722. The number of halogens is 3. The Balaban J connectivity index is 3.46. The molecule has 0 atom stereocenters. The summed E-state index contributed by atoms with van der Waals surface area (Å²) in [6.45, 7) is 2.94. The molecule has 0 aromatic heterocycles. The molecule has 0 bridgehead atoms. The molecule has 0 amide bonds. The zero-order valence-corrected chi connectivity index (χ0v) is 13.1. The van der Waals surface area contributed by atoms with Gasteiger partial charge in [-0.05, 0) is 18.2 Å². The number of hydrogen-bond acceptors (Lipinski definition) is 6. The molecule has 0 saturated carbocycles. The summed E-state index contributed by atoms with van der Waals surface area (Å²) < 4.78 is 68.0. The molecule has 0 fully saturated rings. The van der Waals surface area contributed by atoms with Gasteiger partial charge in [-0.2, -0.15) is 21.6 Å². The number of rotatable bonds is 5. The second-order valence-corrected chi connectivity index (χ2v) is 6.24. The van der Waals surface area contributed by atoms with Crippen molar-refractivity contribution in [2.75, 3.05) is 7.11 Å². The number of hydrogen-bond donors (Lipinski definition) is 0. The number of Topliss-reactive ketones (excluding diaryl/α,β-unsaturated/α-hetero) is 1. The first-order chi connectivity index (χ1) is 10.4. The molecular weight excluding hydrogens is 341 g/mol. The van der Waals surface area contributed by atoms with E-state index in [1.165, 1.54) is 13.8 Å². The van der Waals surface area contributed by atoms with E-state index < -0.39 is 39.0 Å². The first kappa shape index (κ1) is 18.9. The van der Waals surface area contributed by atoms with Gasteiger partial charge in [0.1, 0.15) is 0 Å². The molecular formula is C13H13F3O6S. The minimum atomic E-state index is -5.99. The van der Waals surface area contributed by atoms with Gasteiger partial charge in [-0.1, -0.05) is 13.8 Å². The Kier molecular flexibility index (Phi) is 5.41. The molecule has 6 nitrogen and oxygen atoms in total. The van der Waals surface area contributed by atoms with Crippen molar-refractivity contribution in [2.45, 2.75) is 19.4 Å². The molecule has 128 valence electrons. The second-order valence-electron chi connectivity index (χ2n) is 4.70. The summed E-state index contributed by atoms with van der Waals surface area (Å²) in [5.41, 5.74) is -6.33. The van der Waals surface area contributed by atoms with E-state index in [0.29, 0.717) is 6.07 Å². The third-order valence-electron chi connectivity index (χ3n) is 2.68. The highest BCUT2D eigenvalue weighted by Crippen LogP contribution is 2.31. The van der Waals surface area contributed by atoms with Crippen LogP contribution in [-0.2, 0) is 14.9 Å². The van der Waals surface area contributed by atoms with Crippen molar-refractivity contribution in [1.82, 2.24) is 0 Å². The van der Waals surface area contributed by atoms with Crippen LogP contribution in [0, 0.1) is 5.92 Å². The summed E-state index contributed by atoms with van der Waals surface area (Å²) in [5.74, 6) is -3.09. The number of carbonyl (C=O) groups is 2. The van der Waals surface area contributed by atoms with Crippen molar-refractivity contribution in [3.8, 4) is 5.75 Å². The summed E-state index contributed by atoms with van der Waals surface area (Å²) >= 11 is 0. The van der Waals surface area contributed by atoms with Gasteiger partial charge in [-0.3, -0.25) is 4.79 Å². The van der Waals surface area contributed by atoms with E-state index in [4.69, 9.17) is 0 Å². The third kappa shape index (κ3) is 4.21. The van der Waals surface area contributed by atoms with Crippen molar-refractivity contribution < 1.29 is 40.1 Å². The van der Waals surface area contributed by atoms with Gasteiger partial charge in [0.2, 0.25) is 0 Å². The fourth-order valence-electron chi connectivity index (χ4n) is 1.52. The maximum Gasteiger partial charge on any atom is 0.534 e. The fraction of sp³-hybridized carbons (Fsp3) is 0.385.